The molecule has 0 aliphatic rings. The molecule has 4 aromatic carbocycles. The van der Waals surface area contributed by atoms with Crippen LogP contribution in [-0.2, 0) is 6.54 Å². The second kappa shape index (κ2) is 7.53. The number of aryl methyl sites for hydroxylation is 1. The average Bonchev–Trinajstić information content (AvgIpc) is 3.13. The number of hydrogen-bond acceptors (Lipinski definition) is 2. The molecule has 5 rings (SSSR count). The minimum Gasteiger partial charge on any atom is -0.341 e. The van der Waals surface area contributed by atoms with Gasteiger partial charge in [-0.2, -0.15) is 0 Å². The molecule has 0 amide bonds. The van der Waals surface area contributed by atoms with E-state index >= 15 is 0 Å². The molecular weight excluding hydrogens is 368 g/mol. The zero-order valence-corrected chi connectivity index (χ0v) is 16.8. The highest BCUT2D eigenvalue weighted by atomic mass is 16.1. The van der Waals surface area contributed by atoms with Crippen molar-refractivity contribution < 1.29 is 4.79 Å². The molecule has 0 spiro atoms. The Hall–Kier alpha value is -3.85. The fourth-order valence-corrected chi connectivity index (χ4v) is 4.26. The first-order valence-corrected chi connectivity index (χ1v) is 10.2. The molecule has 0 N–H and O–H groups in total. The van der Waals surface area contributed by atoms with Gasteiger partial charge in [0.2, 0.25) is 0 Å². The van der Waals surface area contributed by atoms with E-state index in [4.69, 9.17) is 0 Å². The SMILES string of the molecule is CCn1c2ccc(C=O)cc2c2cc(N(c3ccccc3)c3ccccc3)ccc21. The number of aldehydes is 1. The van der Waals surface area contributed by atoms with Crippen LogP contribution in [0.3, 0.4) is 0 Å². The molecule has 5 aromatic rings. The van der Waals surface area contributed by atoms with Gasteiger partial charge in [-0.15, -0.1) is 0 Å². The second-order valence-corrected chi connectivity index (χ2v) is 7.35. The number of carbonyl (C=O) groups is 1. The number of nitrogens with zero attached hydrogens (tertiary/aromatic N) is 2. The standard InChI is InChI=1S/C27H22N2O/c1-2-28-26-15-13-20(19-30)17-24(26)25-18-23(14-16-27(25)28)29(21-9-5-3-6-10-21)22-11-7-4-8-12-22/h3-19H,2H2,1H3. The molecule has 1 heterocycles. The summed E-state index contributed by atoms with van der Waals surface area (Å²) in [5.41, 5.74) is 6.34. The van der Waals surface area contributed by atoms with Crippen molar-refractivity contribution in [2.75, 3.05) is 4.90 Å². The normalized spacial score (nSPS) is 11.1. The molecule has 0 unspecified atom stereocenters. The van der Waals surface area contributed by atoms with E-state index in [1.54, 1.807) is 0 Å². The van der Waals surface area contributed by atoms with E-state index < -0.39 is 0 Å². The zero-order chi connectivity index (χ0) is 20.5. The largest absolute Gasteiger partial charge is 0.341 e. The molecule has 146 valence electrons. The molecule has 30 heavy (non-hydrogen) atoms. The highest BCUT2D eigenvalue weighted by molar-refractivity contribution is 6.10. The second-order valence-electron chi connectivity index (χ2n) is 7.35. The van der Waals surface area contributed by atoms with Gasteiger partial charge in [0.05, 0.1) is 0 Å². The van der Waals surface area contributed by atoms with Crippen LogP contribution in [0.25, 0.3) is 21.8 Å². The molecule has 0 fully saturated rings. The molecule has 0 bridgehead atoms. The number of anilines is 3. The summed E-state index contributed by atoms with van der Waals surface area (Å²) in [4.78, 5) is 13.7. The van der Waals surface area contributed by atoms with Crippen LogP contribution in [0.15, 0.2) is 97.1 Å². The first-order chi connectivity index (χ1) is 14.8. The van der Waals surface area contributed by atoms with Crippen molar-refractivity contribution in [2.24, 2.45) is 0 Å². The number of benzene rings is 4. The maximum atomic E-state index is 11.4. The van der Waals surface area contributed by atoms with E-state index in [0.717, 1.165) is 46.2 Å². The predicted octanol–water partition coefficient (Wildman–Crippen LogP) is 7.10. The number of carbonyl (C=O) groups excluding carboxylic acids is 1. The zero-order valence-electron chi connectivity index (χ0n) is 16.8. The number of aromatic nitrogens is 1. The topological polar surface area (TPSA) is 25.2 Å². The van der Waals surface area contributed by atoms with Crippen LogP contribution in [0.2, 0.25) is 0 Å². The van der Waals surface area contributed by atoms with Crippen LogP contribution in [0.4, 0.5) is 17.1 Å². The fourth-order valence-electron chi connectivity index (χ4n) is 4.26. The van der Waals surface area contributed by atoms with Crippen LogP contribution in [0.5, 0.6) is 0 Å². The first-order valence-electron chi connectivity index (χ1n) is 10.2. The van der Waals surface area contributed by atoms with Crippen molar-refractivity contribution in [1.82, 2.24) is 4.57 Å². The van der Waals surface area contributed by atoms with Gasteiger partial charge in [0.15, 0.2) is 0 Å². The summed E-state index contributed by atoms with van der Waals surface area (Å²) in [5, 5.41) is 2.27. The van der Waals surface area contributed by atoms with Crippen molar-refractivity contribution in [3.8, 4) is 0 Å². The summed E-state index contributed by atoms with van der Waals surface area (Å²) in [7, 11) is 0. The Labute approximate surface area is 175 Å². The van der Waals surface area contributed by atoms with E-state index in [0.29, 0.717) is 5.56 Å². The average molecular weight is 390 g/mol. The van der Waals surface area contributed by atoms with Gasteiger partial charge in [0.1, 0.15) is 6.29 Å². The summed E-state index contributed by atoms with van der Waals surface area (Å²) in [6, 6.07) is 33.3. The summed E-state index contributed by atoms with van der Waals surface area (Å²) in [5.74, 6) is 0. The Balaban J connectivity index is 1.78. The molecule has 3 heteroatoms. The van der Waals surface area contributed by atoms with Crippen LogP contribution in [0, 0.1) is 0 Å². The molecular formula is C27H22N2O. The highest BCUT2D eigenvalue weighted by Gasteiger charge is 2.16. The van der Waals surface area contributed by atoms with Crippen molar-refractivity contribution in [3.63, 3.8) is 0 Å². The lowest BCUT2D eigenvalue weighted by Gasteiger charge is -2.25. The number of fused-ring (bicyclic) bond motifs is 3. The Morgan fingerprint density at radius 3 is 1.83 bits per heavy atom. The van der Waals surface area contributed by atoms with Gasteiger partial charge in [-0.05, 0) is 67.6 Å². The van der Waals surface area contributed by atoms with Crippen molar-refractivity contribution in [2.45, 2.75) is 13.5 Å². The summed E-state index contributed by atoms with van der Waals surface area (Å²) in [6.07, 6.45) is 0.915. The van der Waals surface area contributed by atoms with Crippen LogP contribution in [0.1, 0.15) is 17.3 Å². The third-order valence-electron chi connectivity index (χ3n) is 5.61. The molecule has 0 aliphatic carbocycles. The van der Waals surface area contributed by atoms with Crippen molar-refractivity contribution in [3.05, 3.63) is 103 Å². The molecule has 0 saturated heterocycles. The quantitative estimate of drug-likeness (QED) is 0.299. The van der Waals surface area contributed by atoms with Gasteiger partial charge in [-0.1, -0.05) is 36.4 Å². The van der Waals surface area contributed by atoms with Crippen molar-refractivity contribution >= 4 is 45.2 Å². The van der Waals surface area contributed by atoms with Crippen molar-refractivity contribution in [1.29, 1.82) is 0 Å². The molecule has 0 atom stereocenters. The lowest BCUT2D eigenvalue weighted by molar-refractivity contribution is 0.112. The Kier molecular flexibility index (Phi) is 4.56. The Morgan fingerprint density at radius 1 is 0.700 bits per heavy atom. The van der Waals surface area contributed by atoms with Gasteiger partial charge in [0, 0.05) is 51.0 Å². The number of rotatable bonds is 5. The van der Waals surface area contributed by atoms with Gasteiger partial charge >= 0.3 is 0 Å². The minimum atomic E-state index is 0.700. The summed E-state index contributed by atoms with van der Waals surface area (Å²) in [6.45, 7) is 3.03. The number of hydrogen-bond donors (Lipinski definition) is 0. The summed E-state index contributed by atoms with van der Waals surface area (Å²) < 4.78 is 2.30. The smallest absolute Gasteiger partial charge is 0.150 e. The molecule has 0 radical (unpaired) electrons. The lowest BCUT2D eigenvalue weighted by atomic mass is 10.1. The Bertz CT molecular complexity index is 1300. The van der Waals surface area contributed by atoms with Gasteiger partial charge in [-0.25, -0.2) is 0 Å². The van der Waals surface area contributed by atoms with E-state index in [-0.39, 0.29) is 0 Å². The highest BCUT2D eigenvalue weighted by Crippen LogP contribution is 2.38. The first kappa shape index (κ1) is 18.2. The van der Waals surface area contributed by atoms with E-state index in [2.05, 4.69) is 89.2 Å². The van der Waals surface area contributed by atoms with Crippen LogP contribution < -0.4 is 4.90 Å². The van der Waals surface area contributed by atoms with E-state index in [9.17, 15) is 4.79 Å². The van der Waals surface area contributed by atoms with Gasteiger partial charge in [0.25, 0.3) is 0 Å². The van der Waals surface area contributed by atoms with Crippen LogP contribution in [-0.4, -0.2) is 10.9 Å². The molecule has 0 aliphatic heterocycles. The summed E-state index contributed by atoms with van der Waals surface area (Å²) >= 11 is 0. The fraction of sp³-hybridized carbons (Fsp3) is 0.0741. The maximum absolute atomic E-state index is 11.4. The van der Waals surface area contributed by atoms with Gasteiger partial charge < -0.3 is 9.47 Å². The monoisotopic (exact) mass is 390 g/mol. The molecule has 3 nitrogen and oxygen atoms in total. The van der Waals surface area contributed by atoms with Crippen LogP contribution >= 0.6 is 0 Å². The van der Waals surface area contributed by atoms with E-state index in [1.165, 1.54) is 5.52 Å². The minimum absolute atomic E-state index is 0.700. The number of para-hydroxylation sites is 2. The van der Waals surface area contributed by atoms with Gasteiger partial charge in [-0.3, -0.25) is 4.79 Å². The third kappa shape index (κ3) is 2.96. The third-order valence-corrected chi connectivity index (χ3v) is 5.61. The molecule has 1 aromatic heterocycles. The molecule has 0 saturated carbocycles. The Morgan fingerprint density at radius 2 is 1.27 bits per heavy atom. The maximum Gasteiger partial charge on any atom is 0.150 e. The lowest BCUT2D eigenvalue weighted by Crippen LogP contribution is -2.09. The van der Waals surface area contributed by atoms with E-state index in [1.807, 2.05) is 24.3 Å². The predicted molar refractivity (Wildman–Crippen MR) is 125 cm³/mol.